The largest absolute Gasteiger partial charge is 0.426 e. The fourth-order valence-electron chi connectivity index (χ4n) is 3.43. The van der Waals surface area contributed by atoms with Gasteiger partial charge in [0, 0.05) is 11.5 Å². The third-order valence-electron chi connectivity index (χ3n) is 4.84. The highest BCUT2D eigenvalue weighted by molar-refractivity contribution is 5.80. The molecule has 1 aliphatic carbocycles. The fraction of sp³-hybridized carbons (Fsp3) is 0.292. The Balaban J connectivity index is 1.73. The van der Waals surface area contributed by atoms with E-state index in [4.69, 9.17) is 14.3 Å². The molecule has 2 heterocycles. The smallest absolute Gasteiger partial charge is 0.291 e. The molecule has 0 bridgehead atoms. The van der Waals surface area contributed by atoms with Crippen molar-refractivity contribution in [1.29, 1.82) is 0 Å². The Labute approximate surface area is 170 Å². The van der Waals surface area contributed by atoms with Gasteiger partial charge in [-0.15, -0.1) is 4.73 Å². The van der Waals surface area contributed by atoms with E-state index < -0.39 is 0 Å². The minimum absolute atomic E-state index is 0.100. The number of rotatable bonds is 7. The highest BCUT2D eigenvalue weighted by Crippen LogP contribution is 2.29. The predicted octanol–water partition coefficient (Wildman–Crippen LogP) is 4.81. The lowest BCUT2D eigenvalue weighted by molar-refractivity contribution is 0.0790. The zero-order valence-corrected chi connectivity index (χ0v) is 16.8. The van der Waals surface area contributed by atoms with Crippen LogP contribution in [-0.4, -0.2) is 11.3 Å². The molecule has 1 aromatic carbocycles. The first-order valence-corrected chi connectivity index (χ1v) is 10.2. The number of allylic oxidation sites excluding steroid dienone is 6. The van der Waals surface area contributed by atoms with Crippen LogP contribution in [0.1, 0.15) is 38.7 Å². The van der Waals surface area contributed by atoms with Gasteiger partial charge in [0.15, 0.2) is 5.43 Å². The van der Waals surface area contributed by atoms with E-state index in [-0.39, 0.29) is 5.43 Å². The van der Waals surface area contributed by atoms with Gasteiger partial charge in [-0.05, 0) is 54.7 Å². The number of hydrogen-bond donors (Lipinski definition) is 0. The number of aromatic nitrogens is 1. The first-order chi connectivity index (χ1) is 14.2. The lowest BCUT2D eigenvalue weighted by Gasteiger charge is -2.22. The molecule has 4 rings (SSSR count). The van der Waals surface area contributed by atoms with Crippen molar-refractivity contribution in [2.45, 2.75) is 39.5 Å². The summed E-state index contributed by atoms with van der Waals surface area (Å²) in [6, 6.07) is 7.37. The van der Waals surface area contributed by atoms with E-state index in [1.54, 1.807) is 10.8 Å². The standard InChI is InChI=1S/C24H25NO4/c1-3-7-17-10-12-20-19(15-17)21(26)16-23(25(20)27-14-4-2)29-24-13-11-18-8-5-6-9-22(18)28-24/h5-6,9-13,15-16H,3-4,7-8,14H2,1-2H3. The second-order valence-electron chi connectivity index (χ2n) is 7.12. The van der Waals surface area contributed by atoms with E-state index in [0.717, 1.165) is 42.6 Å². The SMILES string of the molecule is CCCOn1c(OC2=CC=C3CC=CC=C3O2)cc(=O)c2cc(CCC)ccc21. The normalized spacial score (nSPS) is 15.2. The van der Waals surface area contributed by atoms with E-state index in [1.807, 2.05) is 43.4 Å². The van der Waals surface area contributed by atoms with Gasteiger partial charge in [-0.25, -0.2) is 0 Å². The van der Waals surface area contributed by atoms with Crippen LogP contribution in [0.25, 0.3) is 10.9 Å². The van der Waals surface area contributed by atoms with E-state index in [0.29, 0.717) is 29.3 Å². The molecule has 5 heteroatoms. The average Bonchev–Trinajstić information content (AvgIpc) is 2.74. The second-order valence-corrected chi connectivity index (χ2v) is 7.12. The van der Waals surface area contributed by atoms with Crippen LogP contribution >= 0.6 is 0 Å². The summed E-state index contributed by atoms with van der Waals surface area (Å²) in [5.74, 6) is 1.37. The molecule has 5 nitrogen and oxygen atoms in total. The molecule has 0 saturated carbocycles. The lowest BCUT2D eigenvalue weighted by Crippen LogP contribution is -2.21. The van der Waals surface area contributed by atoms with Crippen LogP contribution in [0.3, 0.4) is 0 Å². The predicted molar refractivity (Wildman–Crippen MR) is 114 cm³/mol. The van der Waals surface area contributed by atoms with Crippen molar-refractivity contribution in [3.63, 3.8) is 0 Å². The van der Waals surface area contributed by atoms with Gasteiger partial charge in [0.2, 0.25) is 5.88 Å². The number of nitrogens with zero attached hydrogens (tertiary/aromatic N) is 1. The molecule has 1 aromatic heterocycles. The number of pyridine rings is 1. The molecule has 0 atom stereocenters. The molecular weight excluding hydrogens is 366 g/mol. The third kappa shape index (κ3) is 3.99. The minimum Gasteiger partial charge on any atom is -0.426 e. The van der Waals surface area contributed by atoms with Gasteiger partial charge >= 0.3 is 0 Å². The molecule has 0 amide bonds. The highest BCUT2D eigenvalue weighted by atomic mass is 16.7. The summed E-state index contributed by atoms with van der Waals surface area (Å²) in [5.41, 5.74) is 2.83. The van der Waals surface area contributed by atoms with Crippen molar-refractivity contribution in [2.75, 3.05) is 6.61 Å². The molecular formula is C24H25NO4. The third-order valence-corrected chi connectivity index (χ3v) is 4.84. The van der Waals surface area contributed by atoms with Crippen LogP contribution in [-0.2, 0) is 11.2 Å². The van der Waals surface area contributed by atoms with Crippen LogP contribution in [0.4, 0.5) is 0 Å². The van der Waals surface area contributed by atoms with Gasteiger partial charge in [-0.1, -0.05) is 38.5 Å². The molecule has 0 N–H and O–H groups in total. The average molecular weight is 391 g/mol. The summed E-state index contributed by atoms with van der Waals surface area (Å²) >= 11 is 0. The Hall–Kier alpha value is -3.21. The molecule has 2 aromatic rings. The zero-order valence-electron chi connectivity index (χ0n) is 16.8. The van der Waals surface area contributed by atoms with E-state index in [9.17, 15) is 4.79 Å². The summed E-state index contributed by atoms with van der Waals surface area (Å²) in [7, 11) is 0. The molecule has 0 fully saturated rings. The first-order valence-electron chi connectivity index (χ1n) is 10.2. The van der Waals surface area contributed by atoms with E-state index in [1.165, 1.54) is 6.07 Å². The van der Waals surface area contributed by atoms with Crippen LogP contribution in [0.15, 0.2) is 76.7 Å². The first kappa shape index (κ1) is 19.1. The lowest BCUT2D eigenvalue weighted by atomic mass is 10.0. The number of fused-ring (bicyclic) bond motifs is 2. The molecule has 0 unspecified atom stereocenters. The summed E-state index contributed by atoms with van der Waals surface area (Å²) in [6.07, 6.45) is 13.3. The van der Waals surface area contributed by atoms with Gasteiger partial charge in [0.05, 0.1) is 11.6 Å². The molecule has 29 heavy (non-hydrogen) atoms. The molecule has 0 radical (unpaired) electrons. The summed E-state index contributed by atoms with van der Waals surface area (Å²) in [4.78, 5) is 18.7. The van der Waals surface area contributed by atoms with E-state index in [2.05, 4.69) is 13.0 Å². The zero-order chi connectivity index (χ0) is 20.2. The summed E-state index contributed by atoms with van der Waals surface area (Å²) in [5, 5.41) is 0.625. The van der Waals surface area contributed by atoms with Gasteiger partial charge in [-0.2, -0.15) is 0 Å². The van der Waals surface area contributed by atoms with Crippen molar-refractivity contribution >= 4 is 10.9 Å². The molecule has 1 aliphatic heterocycles. The van der Waals surface area contributed by atoms with Crippen LogP contribution in [0, 0.1) is 0 Å². The highest BCUT2D eigenvalue weighted by Gasteiger charge is 2.19. The molecule has 0 spiro atoms. The van der Waals surface area contributed by atoms with E-state index >= 15 is 0 Å². The van der Waals surface area contributed by atoms with Crippen LogP contribution in [0.2, 0.25) is 0 Å². The Bertz CT molecular complexity index is 1100. The monoisotopic (exact) mass is 391 g/mol. The van der Waals surface area contributed by atoms with Crippen molar-refractivity contribution < 1.29 is 14.3 Å². The summed E-state index contributed by atoms with van der Waals surface area (Å²) < 4.78 is 13.4. The van der Waals surface area contributed by atoms with Crippen LogP contribution < -0.4 is 15.0 Å². The number of hydrogen-bond acceptors (Lipinski definition) is 4. The maximum absolute atomic E-state index is 12.8. The van der Waals surface area contributed by atoms with Crippen molar-refractivity contribution in [1.82, 2.24) is 4.73 Å². The molecule has 150 valence electrons. The quantitative estimate of drug-likeness (QED) is 0.679. The van der Waals surface area contributed by atoms with Gasteiger partial charge in [0.1, 0.15) is 12.4 Å². The van der Waals surface area contributed by atoms with Crippen molar-refractivity contribution in [3.8, 4) is 5.88 Å². The minimum atomic E-state index is -0.100. The molecule has 0 saturated heterocycles. The Morgan fingerprint density at radius 2 is 2.00 bits per heavy atom. The maximum Gasteiger partial charge on any atom is 0.291 e. The molecule has 2 aliphatic rings. The second kappa shape index (κ2) is 8.43. The number of benzene rings is 1. The number of aryl methyl sites for hydroxylation is 1. The Morgan fingerprint density at radius 3 is 2.83 bits per heavy atom. The van der Waals surface area contributed by atoms with Crippen LogP contribution in [0.5, 0.6) is 5.88 Å². The van der Waals surface area contributed by atoms with Gasteiger partial charge in [0.25, 0.3) is 5.95 Å². The fourth-order valence-corrected chi connectivity index (χ4v) is 3.43. The Morgan fingerprint density at radius 1 is 1.10 bits per heavy atom. The Kier molecular flexibility index (Phi) is 5.56. The summed E-state index contributed by atoms with van der Waals surface area (Å²) in [6.45, 7) is 4.66. The van der Waals surface area contributed by atoms with Crippen molar-refractivity contribution in [2.24, 2.45) is 0 Å². The topological polar surface area (TPSA) is 49.7 Å². The van der Waals surface area contributed by atoms with Gasteiger partial charge in [-0.3, -0.25) is 4.79 Å². The number of ether oxygens (including phenoxy) is 2. The van der Waals surface area contributed by atoms with Gasteiger partial charge < -0.3 is 14.3 Å². The van der Waals surface area contributed by atoms with Crippen molar-refractivity contribution in [3.05, 3.63) is 87.7 Å². The maximum atomic E-state index is 12.8.